The van der Waals surface area contributed by atoms with Crippen LogP contribution in [0, 0.1) is 5.92 Å². The van der Waals surface area contributed by atoms with Gasteiger partial charge < -0.3 is 4.74 Å². The molecule has 106 valence electrons. The van der Waals surface area contributed by atoms with E-state index in [1.807, 2.05) is 24.3 Å². The maximum Gasteiger partial charge on any atom is 0.136 e. The molecule has 1 aromatic carbocycles. The van der Waals surface area contributed by atoms with Gasteiger partial charge >= 0.3 is 0 Å². The molecule has 0 radical (unpaired) electrons. The number of ketones is 1. The highest BCUT2D eigenvalue weighted by molar-refractivity contribution is 5.81. The van der Waals surface area contributed by atoms with Crippen molar-refractivity contribution in [3.05, 3.63) is 29.8 Å². The monoisotopic (exact) mass is 262 g/mol. The van der Waals surface area contributed by atoms with Crippen LogP contribution in [0.15, 0.2) is 24.3 Å². The first-order valence-corrected chi connectivity index (χ1v) is 7.36. The molecule has 19 heavy (non-hydrogen) atoms. The van der Waals surface area contributed by atoms with E-state index in [0.717, 1.165) is 31.4 Å². The number of methoxy groups -OCH3 is 1. The van der Waals surface area contributed by atoms with Crippen LogP contribution in [0.2, 0.25) is 0 Å². The van der Waals surface area contributed by atoms with Crippen LogP contribution in [-0.2, 0) is 11.2 Å². The molecule has 0 spiro atoms. The third kappa shape index (κ3) is 5.46. The lowest BCUT2D eigenvalue weighted by atomic mass is 9.91. The molecular weight excluding hydrogens is 236 g/mol. The molecule has 0 aliphatic heterocycles. The molecular formula is C17H26O2. The molecule has 0 heterocycles. The Hall–Kier alpha value is -1.31. The van der Waals surface area contributed by atoms with Gasteiger partial charge in [0.25, 0.3) is 0 Å². The van der Waals surface area contributed by atoms with Crippen molar-refractivity contribution in [1.29, 1.82) is 0 Å². The van der Waals surface area contributed by atoms with Gasteiger partial charge in [0, 0.05) is 12.3 Å². The van der Waals surface area contributed by atoms with Crippen molar-refractivity contribution in [1.82, 2.24) is 0 Å². The zero-order valence-electron chi connectivity index (χ0n) is 12.4. The van der Waals surface area contributed by atoms with Crippen molar-refractivity contribution >= 4 is 5.78 Å². The standard InChI is InChI=1S/C17H26O2/c1-4-6-7-15(5-2)17(18)13-10-14-8-11-16(19-3)12-9-14/h8-9,11-12,15H,4-7,10,13H2,1-3H3. The molecule has 1 rings (SSSR count). The second-order valence-corrected chi connectivity index (χ2v) is 5.06. The van der Waals surface area contributed by atoms with Gasteiger partial charge in [0.1, 0.15) is 11.5 Å². The molecule has 1 aromatic rings. The quantitative estimate of drug-likeness (QED) is 0.658. The summed E-state index contributed by atoms with van der Waals surface area (Å²) in [6.07, 6.45) is 5.85. The summed E-state index contributed by atoms with van der Waals surface area (Å²) in [6, 6.07) is 7.99. The first-order chi connectivity index (χ1) is 9.21. The Morgan fingerprint density at radius 3 is 2.42 bits per heavy atom. The summed E-state index contributed by atoms with van der Waals surface area (Å²) < 4.78 is 5.13. The number of carbonyl (C=O) groups excluding carboxylic acids is 1. The largest absolute Gasteiger partial charge is 0.497 e. The number of hydrogen-bond acceptors (Lipinski definition) is 2. The summed E-state index contributed by atoms with van der Waals surface area (Å²) in [5.41, 5.74) is 1.21. The third-order valence-corrected chi connectivity index (χ3v) is 3.67. The Labute approximate surface area is 117 Å². The predicted octanol–water partition coefficient (Wildman–Crippen LogP) is 4.41. The fourth-order valence-electron chi connectivity index (χ4n) is 2.31. The number of Topliss-reactive ketones (excluding diaryl/α,β-unsaturated/α-hetero) is 1. The third-order valence-electron chi connectivity index (χ3n) is 3.67. The van der Waals surface area contributed by atoms with Crippen molar-refractivity contribution in [2.75, 3.05) is 7.11 Å². The molecule has 0 saturated heterocycles. The normalized spacial score (nSPS) is 12.2. The minimum atomic E-state index is 0.262. The first-order valence-electron chi connectivity index (χ1n) is 7.36. The van der Waals surface area contributed by atoms with Crippen molar-refractivity contribution in [2.45, 2.75) is 52.4 Å². The van der Waals surface area contributed by atoms with Crippen molar-refractivity contribution in [3.63, 3.8) is 0 Å². The second-order valence-electron chi connectivity index (χ2n) is 5.06. The highest BCUT2D eigenvalue weighted by Gasteiger charge is 2.15. The molecule has 2 heteroatoms. The van der Waals surface area contributed by atoms with Crippen molar-refractivity contribution in [3.8, 4) is 5.75 Å². The number of carbonyl (C=O) groups is 1. The highest BCUT2D eigenvalue weighted by Crippen LogP contribution is 2.18. The van der Waals surface area contributed by atoms with Crippen LogP contribution in [0.3, 0.4) is 0 Å². The fraction of sp³-hybridized carbons (Fsp3) is 0.588. The van der Waals surface area contributed by atoms with Crippen LogP contribution in [0.25, 0.3) is 0 Å². The van der Waals surface area contributed by atoms with Gasteiger partial charge in [-0.25, -0.2) is 0 Å². The molecule has 0 saturated carbocycles. The van der Waals surface area contributed by atoms with Gasteiger partial charge in [-0.1, -0.05) is 38.8 Å². The second kappa shape index (κ2) is 8.73. The Balaban J connectivity index is 2.43. The van der Waals surface area contributed by atoms with E-state index >= 15 is 0 Å². The fourth-order valence-corrected chi connectivity index (χ4v) is 2.31. The van der Waals surface area contributed by atoms with E-state index in [9.17, 15) is 4.79 Å². The molecule has 0 aromatic heterocycles. The van der Waals surface area contributed by atoms with Crippen LogP contribution in [0.5, 0.6) is 5.75 Å². The van der Waals surface area contributed by atoms with Crippen LogP contribution >= 0.6 is 0 Å². The van der Waals surface area contributed by atoms with Crippen LogP contribution in [0.4, 0.5) is 0 Å². The highest BCUT2D eigenvalue weighted by atomic mass is 16.5. The van der Waals surface area contributed by atoms with Crippen molar-refractivity contribution in [2.24, 2.45) is 5.92 Å². The van der Waals surface area contributed by atoms with E-state index in [0.29, 0.717) is 12.2 Å². The average Bonchev–Trinajstić information content (AvgIpc) is 2.46. The van der Waals surface area contributed by atoms with Gasteiger partial charge in [-0.2, -0.15) is 0 Å². The summed E-state index contributed by atoms with van der Waals surface area (Å²) in [7, 11) is 1.66. The lowest BCUT2D eigenvalue weighted by Gasteiger charge is -2.13. The summed E-state index contributed by atoms with van der Waals surface area (Å²) >= 11 is 0. The van der Waals surface area contributed by atoms with Gasteiger partial charge in [-0.15, -0.1) is 0 Å². The van der Waals surface area contributed by atoms with E-state index in [4.69, 9.17) is 4.74 Å². The van der Waals surface area contributed by atoms with E-state index in [2.05, 4.69) is 13.8 Å². The molecule has 0 fully saturated rings. The SMILES string of the molecule is CCCCC(CC)C(=O)CCc1ccc(OC)cc1. The van der Waals surface area contributed by atoms with Gasteiger partial charge in [0.15, 0.2) is 0 Å². The molecule has 0 bridgehead atoms. The van der Waals surface area contributed by atoms with E-state index in [1.54, 1.807) is 7.11 Å². The van der Waals surface area contributed by atoms with Crippen LogP contribution < -0.4 is 4.74 Å². The van der Waals surface area contributed by atoms with Gasteiger partial charge in [0.2, 0.25) is 0 Å². The minimum Gasteiger partial charge on any atom is -0.497 e. The topological polar surface area (TPSA) is 26.3 Å². The first kappa shape index (κ1) is 15.7. The lowest BCUT2D eigenvalue weighted by Crippen LogP contribution is -2.14. The van der Waals surface area contributed by atoms with E-state index in [-0.39, 0.29) is 5.92 Å². The molecule has 2 nitrogen and oxygen atoms in total. The van der Waals surface area contributed by atoms with Crippen molar-refractivity contribution < 1.29 is 9.53 Å². The summed E-state index contributed by atoms with van der Waals surface area (Å²) in [5, 5.41) is 0. The molecule has 1 atom stereocenters. The Bertz CT molecular complexity index is 367. The number of unbranched alkanes of at least 4 members (excludes halogenated alkanes) is 1. The lowest BCUT2D eigenvalue weighted by molar-refractivity contribution is -0.123. The van der Waals surface area contributed by atoms with E-state index < -0.39 is 0 Å². The summed E-state index contributed by atoms with van der Waals surface area (Å²) in [4.78, 5) is 12.2. The molecule has 1 unspecified atom stereocenters. The maximum absolute atomic E-state index is 12.2. The maximum atomic E-state index is 12.2. The zero-order valence-corrected chi connectivity index (χ0v) is 12.4. The number of hydrogen-bond donors (Lipinski definition) is 0. The molecule has 0 amide bonds. The Morgan fingerprint density at radius 2 is 1.89 bits per heavy atom. The van der Waals surface area contributed by atoms with Crippen LogP contribution in [0.1, 0.15) is 51.5 Å². The van der Waals surface area contributed by atoms with Gasteiger partial charge in [-0.3, -0.25) is 4.79 Å². The zero-order chi connectivity index (χ0) is 14.1. The summed E-state index contributed by atoms with van der Waals surface area (Å²) in [5.74, 6) is 1.55. The number of aryl methyl sites for hydroxylation is 1. The van der Waals surface area contributed by atoms with E-state index in [1.165, 1.54) is 12.0 Å². The Morgan fingerprint density at radius 1 is 1.21 bits per heavy atom. The Kier molecular flexibility index (Phi) is 7.24. The van der Waals surface area contributed by atoms with Crippen LogP contribution in [-0.4, -0.2) is 12.9 Å². The predicted molar refractivity (Wildman–Crippen MR) is 79.6 cm³/mol. The number of rotatable bonds is 9. The minimum absolute atomic E-state index is 0.262. The molecule has 0 aliphatic carbocycles. The van der Waals surface area contributed by atoms with Gasteiger partial charge in [0.05, 0.1) is 7.11 Å². The smallest absolute Gasteiger partial charge is 0.136 e. The average molecular weight is 262 g/mol. The number of benzene rings is 1. The molecule has 0 N–H and O–H groups in total. The molecule has 0 aliphatic rings. The van der Waals surface area contributed by atoms with Gasteiger partial charge in [-0.05, 0) is 37.0 Å². The summed E-state index contributed by atoms with van der Waals surface area (Å²) in [6.45, 7) is 4.29. The number of ether oxygens (including phenoxy) is 1.